The van der Waals surface area contributed by atoms with Crippen molar-refractivity contribution in [1.29, 1.82) is 0 Å². The van der Waals surface area contributed by atoms with Gasteiger partial charge in [0, 0.05) is 44.8 Å². The first-order chi connectivity index (χ1) is 16.5. The Morgan fingerprint density at radius 2 is 1.85 bits per heavy atom. The molecule has 0 spiro atoms. The first kappa shape index (κ1) is 23.1. The summed E-state index contributed by atoms with van der Waals surface area (Å²) in [6, 6.07) is 15.3. The molecule has 180 valence electrons. The summed E-state index contributed by atoms with van der Waals surface area (Å²) in [4.78, 5) is 24.2. The van der Waals surface area contributed by atoms with Gasteiger partial charge in [-0.1, -0.05) is 41.7 Å². The molecular weight excluding hydrogens is 451 g/mol. The molecule has 2 aliphatic heterocycles. The maximum atomic E-state index is 13.6. The lowest BCUT2D eigenvalue weighted by Crippen LogP contribution is -2.58. The number of nitrogens with zero attached hydrogens (tertiary/aromatic N) is 4. The number of amides is 1. The van der Waals surface area contributed by atoms with Crippen LogP contribution in [0.4, 0.5) is 14.3 Å². The Labute approximate surface area is 203 Å². The lowest BCUT2D eigenvalue weighted by Gasteiger charge is -2.44. The quantitative estimate of drug-likeness (QED) is 0.516. The van der Waals surface area contributed by atoms with Crippen molar-refractivity contribution in [1.82, 2.24) is 14.8 Å². The topological polar surface area (TPSA) is 48.9 Å². The summed E-state index contributed by atoms with van der Waals surface area (Å²) < 4.78 is 20.4. The molecule has 0 bridgehead atoms. The van der Waals surface area contributed by atoms with Crippen LogP contribution in [0.1, 0.15) is 32.3 Å². The molecule has 8 heteroatoms. The highest BCUT2D eigenvalue weighted by Crippen LogP contribution is 2.32. The Morgan fingerprint density at radius 3 is 2.62 bits per heavy atom. The van der Waals surface area contributed by atoms with Gasteiger partial charge in [-0.3, -0.25) is 4.90 Å². The largest absolute Gasteiger partial charge is 0.446 e. The maximum absolute atomic E-state index is 13.6. The van der Waals surface area contributed by atoms with E-state index in [0.717, 1.165) is 47.8 Å². The predicted octanol–water partition coefficient (Wildman–Crippen LogP) is 5.14. The van der Waals surface area contributed by atoms with Gasteiger partial charge in [0.15, 0.2) is 5.13 Å². The van der Waals surface area contributed by atoms with Gasteiger partial charge in [0.2, 0.25) is 0 Å². The van der Waals surface area contributed by atoms with Gasteiger partial charge in [0.25, 0.3) is 0 Å². The SMILES string of the molecule is C[C@@H]1CN(c2nc3ccc(F)cc3s2)[C@@H](C)CN1C(=O)OC1CCN(Cc2ccccc2)CC1. The lowest BCUT2D eigenvalue weighted by atomic mass is 10.1. The second-order valence-corrected chi connectivity index (χ2v) is 10.5. The van der Waals surface area contributed by atoms with Gasteiger partial charge in [-0.05, 0) is 50.5 Å². The average molecular weight is 483 g/mol. The number of halogens is 1. The minimum atomic E-state index is -0.248. The fraction of sp³-hybridized carbons (Fsp3) is 0.462. The lowest BCUT2D eigenvalue weighted by molar-refractivity contribution is 0.0166. The smallest absolute Gasteiger partial charge is 0.410 e. The van der Waals surface area contributed by atoms with E-state index in [1.54, 1.807) is 6.07 Å². The molecule has 2 saturated heterocycles. The number of carbonyl (C=O) groups is 1. The number of likely N-dealkylation sites (tertiary alicyclic amines) is 1. The summed E-state index contributed by atoms with van der Waals surface area (Å²) in [6.45, 7) is 8.22. The van der Waals surface area contributed by atoms with Crippen molar-refractivity contribution in [3.05, 3.63) is 59.9 Å². The first-order valence-corrected chi connectivity index (χ1v) is 12.8. The number of rotatable bonds is 4. The normalized spacial score (nSPS) is 22.3. The van der Waals surface area contributed by atoms with Crippen LogP contribution in [-0.4, -0.2) is 65.2 Å². The van der Waals surface area contributed by atoms with E-state index in [0.29, 0.717) is 13.1 Å². The first-order valence-electron chi connectivity index (χ1n) is 12.0. The van der Waals surface area contributed by atoms with Crippen LogP contribution in [0.3, 0.4) is 0 Å². The van der Waals surface area contributed by atoms with Crippen molar-refractivity contribution >= 4 is 32.8 Å². The molecule has 0 radical (unpaired) electrons. The molecule has 1 amide bonds. The third-order valence-corrected chi connectivity index (χ3v) is 7.91. The minimum absolute atomic E-state index is 0.00520. The molecule has 2 fully saturated rings. The molecule has 3 aromatic rings. The van der Waals surface area contributed by atoms with Crippen LogP contribution in [0.25, 0.3) is 10.2 Å². The number of benzene rings is 2. The number of anilines is 1. The van der Waals surface area contributed by atoms with Crippen molar-refractivity contribution in [2.24, 2.45) is 0 Å². The summed E-state index contributed by atoms with van der Waals surface area (Å²) in [6.07, 6.45) is 1.49. The Morgan fingerprint density at radius 1 is 1.09 bits per heavy atom. The third kappa shape index (κ3) is 5.03. The third-order valence-electron chi connectivity index (χ3n) is 6.86. The van der Waals surface area contributed by atoms with Crippen LogP contribution in [-0.2, 0) is 11.3 Å². The average Bonchev–Trinajstić information content (AvgIpc) is 3.25. The molecule has 2 aliphatic rings. The van der Waals surface area contributed by atoms with E-state index in [4.69, 9.17) is 9.72 Å². The fourth-order valence-electron chi connectivity index (χ4n) is 4.89. The van der Waals surface area contributed by atoms with Crippen LogP contribution in [0.2, 0.25) is 0 Å². The summed E-state index contributed by atoms with van der Waals surface area (Å²) >= 11 is 1.50. The van der Waals surface area contributed by atoms with Crippen molar-refractivity contribution in [3.8, 4) is 0 Å². The van der Waals surface area contributed by atoms with Crippen LogP contribution < -0.4 is 4.90 Å². The molecule has 0 aliphatic carbocycles. The summed E-state index contributed by atoms with van der Waals surface area (Å²) in [7, 11) is 0. The highest BCUT2D eigenvalue weighted by molar-refractivity contribution is 7.22. The van der Waals surface area contributed by atoms with Gasteiger partial charge in [0.05, 0.1) is 10.2 Å². The molecule has 34 heavy (non-hydrogen) atoms. The van der Waals surface area contributed by atoms with E-state index < -0.39 is 0 Å². The zero-order chi connectivity index (χ0) is 23.7. The van der Waals surface area contributed by atoms with Crippen LogP contribution >= 0.6 is 11.3 Å². The van der Waals surface area contributed by atoms with Crippen molar-refractivity contribution in [2.45, 2.75) is 51.4 Å². The number of aromatic nitrogens is 1. The molecule has 0 saturated carbocycles. The van der Waals surface area contributed by atoms with Gasteiger partial charge in [0.1, 0.15) is 11.9 Å². The number of hydrogen-bond donors (Lipinski definition) is 0. The van der Waals surface area contributed by atoms with Crippen molar-refractivity contribution in [3.63, 3.8) is 0 Å². The van der Waals surface area contributed by atoms with Gasteiger partial charge >= 0.3 is 6.09 Å². The van der Waals surface area contributed by atoms with Crippen LogP contribution in [0, 0.1) is 5.82 Å². The van der Waals surface area contributed by atoms with E-state index in [9.17, 15) is 9.18 Å². The Kier molecular flexibility index (Phi) is 6.70. The highest BCUT2D eigenvalue weighted by Gasteiger charge is 2.35. The molecule has 5 rings (SSSR count). The molecule has 1 aromatic heterocycles. The van der Waals surface area contributed by atoms with E-state index in [1.165, 1.54) is 29.0 Å². The van der Waals surface area contributed by atoms with E-state index in [1.807, 2.05) is 11.0 Å². The second-order valence-electron chi connectivity index (χ2n) is 9.46. The molecule has 2 aromatic carbocycles. The number of fused-ring (bicyclic) bond motifs is 1. The number of piperidine rings is 1. The standard InChI is InChI=1S/C26H31FN4O2S/c1-18-16-31(19(2)15-30(18)25-28-23-9-8-21(27)14-24(23)34-25)26(32)33-22-10-12-29(13-11-22)17-20-6-4-3-5-7-20/h3-9,14,18-19,22H,10-13,15-17H2,1-2H3/t18-,19+/m0/s1. The molecule has 2 atom stereocenters. The van der Waals surface area contributed by atoms with Crippen molar-refractivity contribution < 1.29 is 13.9 Å². The monoisotopic (exact) mass is 482 g/mol. The van der Waals surface area contributed by atoms with Crippen LogP contribution in [0.5, 0.6) is 0 Å². The van der Waals surface area contributed by atoms with E-state index in [-0.39, 0.29) is 30.1 Å². The number of carbonyl (C=O) groups excluding carboxylic acids is 1. The van der Waals surface area contributed by atoms with Crippen LogP contribution in [0.15, 0.2) is 48.5 Å². The van der Waals surface area contributed by atoms with Crippen molar-refractivity contribution in [2.75, 3.05) is 31.1 Å². The zero-order valence-electron chi connectivity index (χ0n) is 19.7. The Hall–Kier alpha value is -2.71. The Balaban J connectivity index is 1.15. The maximum Gasteiger partial charge on any atom is 0.410 e. The van der Waals surface area contributed by atoms with Gasteiger partial charge in [-0.15, -0.1) is 0 Å². The molecular formula is C26H31FN4O2S. The number of thiazole rings is 1. The number of hydrogen-bond acceptors (Lipinski definition) is 6. The Bertz CT molecular complexity index is 1130. The second kappa shape index (κ2) is 9.88. The fourth-order valence-corrected chi connectivity index (χ4v) is 6.00. The van der Waals surface area contributed by atoms with Gasteiger partial charge in [-0.25, -0.2) is 14.2 Å². The molecule has 0 unspecified atom stereocenters. The van der Waals surface area contributed by atoms with E-state index in [2.05, 4.69) is 47.9 Å². The molecule has 3 heterocycles. The highest BCUT2D eigenvalue weighted by atomic mass is 32.1. The number of piperazine rings is 1. The summed E-state index contributed by atoms with van der Waals surface area (Å²) in [5.41, 5.74) is 2.12. The van der Waals surface area contributed by atoms with E-state index >= 15 is 0 Å². The minimum Gasteiger partial charge on any atom is -0.446 e. The summed E-state index contributed by atoms with van der Waals surface area (Å²) in [5.74, 6) is -0.248. The summed E-state index contributed by atoms with van der Waals surface area (Å²) in [5, 5.41) is 0.874. The zero-order valence-corrected chi connectivity index (χ0v) is 20.5. The van der Waals surface area contributed by atoms with Gasteiger partial charge < -0.3 is 14.5 Å². The predicted molar refractivity (Wildman–Crippen MR) is 134 cm³/mol. The molecule has 0 N–H and O–H groups in total. The number of ether oxygens (including phenoxy) is 1. The van der Waals surface area contributed by atoms with Gasteiger partial charge in [-0.2, -0.15) is 0 Å². The molecule has 6 nitrogen and oxygen atoms in total.